The van der Waals surface area contributed by atoms with Crippen molar-refractivity contribution in [3.8, 4) is 11.4 Å². The van der Waals surface area contributed by atoms with Gasteiger partial charge in [-0.1, -0.05) is 49.7 Å². The van der Waals surface area contributed by atoms with Gasteiger partial charge >= 0.3 is 5.97 Å². The molecule has 0 saturated carbocycles. The van der Waals surface area contributed by atoms with Crippen LogP contribution in [0.3, 0.4) is 0 Å². The van der Waals surface area contributed by atoms with Crippen LogP contribution in [0, 0.1) is 0 Å². The molecule has 0 unspecified atom stereocenters. The second-order valence-corrected chi connectivity index (χ2v) is 10.1. The Hall–Kier alpha value is -4.40. The first-order valence-corrected chi connectivity index (χ1v) is 12.6. The van der Waals surface area contributed by atoms with E-state index >= 15 is 0 Å². The lowest BCUT2D eigenvalue weighted by atomic mass is 10.1. The third-order valence-electron chi connectivity index (χ3n) is 5.70. The Morgan fingerprint density at radius 2 is 1.58 bits per heavy atom. The Kier molecular flexibility index (Phi) is 7.66. The van der Waals surface area contributed by atoms with Gasteiger partial charge in [-0.2, -0.15) is 10.1 Å². The van der Waals surface area contributed by atoms with E-state index in [1.165, 1.54) is 0 Å². The van der Waals surface area contributed by atoms with E-state index in [4.69, 9.17) is 4.74 Å². The van der Waals surface area contributed by atoms with Crippen LogP contribution >= 0.6 is 0 Å². The zero-order valence-corrected chi connectivity index (χ0v) is 22.7. The van der Waals surface area contributed by atoms with E-state index in [0.29, 0.717) is 23.6 Å². The highest BCUT2D eigenvalue weighted by atomic mass is 16.6. The van der Waals surface area contributed by atoms with Gasteiger partial charge in [0.15, 0.2) is 11.5 Å². The quantitative estimate of drug-likeness (QED) is 0.321. The number of amides is 1. The van der Waals surface area contributed by atoms with E-state index in [1.807, 2.05) is 74.8 Å². The van der Waals surface area contributed by atoms with Crippen molar-refractivity contribution in [2.75, 3.05) is 24.3 Å². The fourth-order valence-electron chi connectivity index (χ4n) is 4.14. The minimum atomic E-state index is -0.743. The Labute approximate surface area is 223 Å². The van der Waals surface area contributed by atoms with Crippen LogP contribution in [0.1, 0.15) is 60.7 Å². The molecule has 0 aliphatic heterocycles. The van der Waals surface area contributed by atoms with Crippen LogP contribution in [0.5, 0.6) is 0 Å². The van der Waals surface area contributed by atoms with E-state index < -0.39 is 17.5 Å². The highest BCUT2D eigenvalue weighted by Crippen LogP contribution is 2.30. The molecule has 2 aromatic heterocycles. The van der Waals surface area contributed by atoms with Crippen molar-refractivity contribution in [3.05, 3.63) is 83.8 Å². The van der Waals surface area contributed by atoms with Gasteiger partial charge in [-0.25, -0.2) is 9.48 Å². The van der Waals surface area contributed by atoms with Crippen LogP contribution in [0.2, 0.25) is 0 Å². The predicted molar refractivity (Wildman–Crippen MR) is 149 cm³/mol. The highest BCUT2D eigenvalue weighted by molar-refractivity contribution is 6.08. The minimum absolute atomic E-state index is 0.117. The van der Waals surface area contributed by atoms with E-state index in [2.05, 4.69) is 22.3 Å². The van der Waals surface area contributed by atoms with Crippen LogP contribution in [0.25, 0.3) is 11.4 Å². The molecule has 9 heteroatoms. The van der Waals surface area contributed by atoms with Crippen LogP contribution in [0.15, 0.2) is 66.9 Å². The predicted octanol–water partition coefficient (Wildman–Crippen LogP) is 5.28. The molecule has 0 radical (unpaired) electrons. The topological polar surface area (TPSA) is 94.3 Å². The van der Waals surface area contributed by atoms with Crippen molar-refractivity contribution >= 4 is 23.6 Å². The number of hydrogen-bond acceptors (Lipinski definition) is 6. The minimum Gasteiger partial charge on any atom is -0.455 e. The summed E-state index contributed by atoms with van der Waals surface area (Å²) in [4.78, 5) is 33.6. The van der Waals surface area contributed by atoms with Crippen LogP contribution in [-0.4, -0.2) is 50.9 Å². The Balaban J connectivity index is 1.82. The summed E-state index contributed by atoms with van der Waals surface area (Å²) in [6, 6.07) is 19.1. The molecule has 4 rings (SSSR count). The molecule has 4 aromatic rings. The number of imidazole rings is 1. The Morgan fingerprint density at radius 1 is 0.974 bits per heavy atom. The fraction of sp³-hybridized carbons (Fsp3) is 0.310. The first-order chi connectivity index (χ1) is 18.1. The maximum Gasteiger partial charge on any atom is 0.359 e. The average molecular weight is 515 g/mol. The molecule has 0 aliphatic rings. The average Bonchev–Trinajstić information content (AvgIpc) is 3.46. The van der Waals surface area contributed by atoms with Gasteiger partial charge in [-0.05, 0) is 51.5 Å². The van der Waals surface area contributed by atoms with Gasteiger partial charge in [0.1, 0.15) is 5.60 Å². The molecule has 0 saturated heterocycles. The lowest BCUT2D eigenvalue weighted by Gasteiger charge is -2.21. The molecular formula is C29H34N6O3. The Bertz CT molecular complexity index is 1420. The maximum atomic E-state index is 13.7. The van der Waals surface area contributed by atoms with Gasteiger partial charge in [0.05, 0.1) is 23.1 Å². The molecule has 0 spiro atoms. The summed E-state index contributed by atoms with van der Waals surface area (Å²) < 4.78 is 9.22. The number of aromatic nitrogens is 4. The third-order valence-corrected chi connectivity index (χ3v) is 5.70. The summed E-state index contributed by atoms with van der Waals surface area (Å²) in [7, 11) is 3.66. The molecule has 0 aliphatic carbocycles. The van der Waals surface area contributed by atoms with Gasteiger partial charge < -0.3 is 15.0 Å². The zero-order chi connectivity index (χ0) is 27.4. The number of carbonyl (C=O) groups is 2. The van der Waals surface area contributed by atoms with Crippen LogP contribution in [0.4, 0.5) is 11.8 Å². The largest absolute Gasteiger partial charge is 0.455 e. The van der Waals surface area contributed by atoms with E-state index in [-0.39, 0.29) is 11.5 Å². The van der Waals surface area contributed by atoms with Gasteiger partial charge in [-0.15, -0.1) is 0 Å². The summed E-state index contributed by atoms with van der Waals surface area (Å²) in [5.41, 5.74) is 2.18. The van der Waals surface area contributed by atoms with Gasteiger partial charge in [-0.3, -0.25) is 9.36 Å². The first kappa shape index (κ1) is 26.7. The molecule has 0 bridgehead atoms. The van der Waals surface area contributed by atoms with Crippen molar-refractivity contribution < 1.29 is 14.3 Å². The van der Waals surface area contributed by atoms with Crippen molar-refractivity contribution in [2.45, 2.75) is 46.1 Å². The number of anilines is 2. The van der Waals surface area contributed by atoms with E-state index in [9.17, 15) is 9.59 Å². The molecule has 38 heavy (non-hydrogen) atoms. The van der Waals surface area contributed by atoms with Gasteiger partial charge in [0.2, 0.25) is 5.95 Å². The molecule has 2 heterocycles. The number of ether oxygens (including phenoxy) is 1. The molecule has 198 valence electrons. The number of carbonyl (C=O) groups excluding carboxylic acids is 2. The number of nitrogens with one attached hydrogen (secondary N) is 1. The summed E-state index contributed by atoms with van der Waals surface area (Å²) in [6.07, 6.45) is 3.04. The lowest BCUT2D eigenvalue weighted by Crippen LogP contribution is -2.27. The smallest absolute Gasteiger partial charge is 0.359 e. The van der Waals surface area contributed by atoms with Crippen molar-refractivity contribution in [2.24, 2.45) is 0 Å². The summed E-state index contributed by atoms with van der Waals surface area (Å²) in [6.45, 7) is 7.45. The second-order valence-electron chi connectivity index (χ2n) is 10.1. The number of nitrogens with zero attached hydrogens (tertiary/aromatic N) is 5. The Morgan fingerprint density at radius 3 is 2.13 bits per heavy atom. The monoisotopic (exact) mass is 514 g/mol. The molecule has 2 aromatic carbocycles. The number of para-hydroxylation sites is 2. The molecule has 1 amide bonds. The standard InChI is InChI=1S/C29H34N6O3/c1-7-14-23-22(19-30-35(23)21-17-12-9-13-18-21)26(36)31-25-24(27(37)38-29(2,3)4)34(28(32-25)33(5)6)20-15-10-8-11-16-20/h8-13,15-19H,7,14H2,1-6H3,(H,31,36). The SMILES string of the molecule is CCCc1c(C(=O)Nc2nc(N(C)C)n(-c3ccccc3)c2C(=O)OC(C)(C)C)cnn1-c1ccccc1. The van der Waals surface area contributed by atoms with Crippen molar-refractivity contribution in [1.82, 2.24) is 19.3 Å². The summed E-state index contributed by atoms with van der Waals surface area (Å²) in [5.74, 6) is -0.401. The number of rotatable bonds is 8. The van der Waals surface area contributed by atoms with Gasteiger partial charge in [0.25, 0.3) is 5.91 Å². The highest BCUT2D eigenvalue weighted by Gasteiger charge is 2.31. The molecule has 0 atom stereocenters. The summed E-state index contributed by atoms with van der Waals surface area (Å²) in [5, 5.41) is 7.39. The molecule has 1 N–H and O–H groups in total. The van der Waals surface area contributed by atoms with Crippen molar-refractivity contribution in [3.63, 3.8) is 0 Å². The second kappa shape index (κ2) is 10.9. The molecule has 0 fully saturated rings. The van der Waals surface area contributed by atoms with Gasteiger partial charge in [0, 0.05) is 19.8 Å². The fourth-order valence-corrected chi connectivity index (χ4v) is 4.14. The maximum absolute atomic E-state index is 13.7. The normalized spacial score (nSPS) is 11.3. The van der Waals surface area contributed by atoms with Crippen LogP contribution < -0.4 is 10.2 Å². The van der Waals surface area contributed by atoms with E-state index in [0.717, 1.165) is 17.8 Å². The molecule has 9 nitrogen and oxygen atoms in total. The first-order valence-electron chi connectivity index (χ1n) is 12.6. The number of hydrogen-bond donors (Lipinski definition) is 1. The van der Waals surface area contributed by atoms with Crippen molar-refractivity contribution in [1.29, 1.82) is 0 Å². The third kappa shape index (κ3) is 5.61. The lowest BCUT2D eigenvalue weighted by molar-refractivity contribution is 0.00619. The summed E-state index contributed by atoms with van der Waals surface area (Å²) >= 11 is 0. The molecular weight excluding hydrogens is 480 g/mol. The number of benzene rings is 2. The number of esters is 1. The van der Waals surface area contributed by atoms with E-state index in [1.54, 1.807) is 41.1 Å². The zero-order valence-electron chi connectivity index (χ0n) is 22.7. The van der Waals surface area contributed by atoms with Crippen LogP contribution in [-0.2, 0) is 11.2 Å².